The number of nitrogens with one attached hydrogen (secondary N) is 3. The van der Waals surface area contributed by atoms with Crippen molar-refractivity contribution in [2.24, 2.45) is 5.41 Å². The molecule has 0 bridgehead atoms. The van der Waals surface area contributed by atoms with E-state index in [-0.39, 0.29) is 40.3 Å². The molecule has 3 rings (SSSR count). The van der Waals surface area contributed by atoms with Crippen LogP contribution in [0.5, 0.6) is 0 Å². The van der Waals surface area contributed by atoms with Crippen LogP contribution in [0.2, 0.25) is 0 Å². The zero-order valence-corrected chi connectivity index (χ0v) is 25.2. The van der Waals surface area contributed by atoms with Gasteiger partial charge in [-0.2, -0.15) is 0 Å². The van der Waals surface area contributed by atoms with Crippen LogP contribution in [0.4, 0.5) is 16.4 Å². The Kier molecular flexibility index (Phi) is 10.5. The first-order valence-corrected chi connectivity index (χ1v) is 14.6. The van der Waals surface area contributed by atoms with E-state index < -0.39 is 11.2 Å². The van der Waals surface area contributed by atoms with E-state index in [1.54, 1.807) is 51.1 Å². The number of carbonyl (C=O) groups is 4. The number of thiophene rings is 1. The van der Waals surface area contributed by atoms with Gasteiger partial charge in [0.15, 0.2) is 0 Å². The van der Waals surface area contributed by atoms with Crippen molar-refractivity contribution in [3.8, 4) is 0 Å². The molecule has 0 saturated heterocycles. The fourth-order valence-electron chi connectivity index (χ4n) is 3.78. The van der Waals surface area contributed by atoms with Crippen molar-refractivity contribution >= 4 is 63.2 Å². The predicted molar refractivity (Wildman–Crippen MR) is 163 cm³/mol. The van der Waals surface area contributed by atoms with E-state index in [9.17, 15) is 19.2 Å². The van der Waals surface area contributed by atoms with E-state index in [2.05, 4.69) is 16.0 Å². The number of hydrogen-bond donors (Lipinski definition) is 3. The van der Waals surface area contributed by atoms with Crippen molar-refractivity contribution in [1.29, 1.82) is 0 Å². The molecule has 3 N–H and O–H groups in total. The zero-order valence-electron chi connectivity index (χ0n) is 23.5. The van der Waals surface area contributed by atoms with Crippen LogP contribution in [0, 0.1) is 12.3 Å². The number of para-hydroxylation sites is 1. The number of ether oxygens (including phenoxy) is 1. The number of carbonyl (C=O) groups excluding carboxylic acids is 4. The second kappa shape index (κ2) is 13.6. The van der Waals surface area contributed by atoms with Crippen LogP contribution in [0.1, 0.15) is 66.6 Å². The van der Waals surface area contributed by atoms with Crippen molar-refractivity contribution in [3.05, 3.63) is 70.6 Å². The van der Waals surface area contributed by atoms with Crippen LogP contribution >= 0.6 is 23.1 Å². The van der Waals surface area contributed by atoms with Gasteiger partial charge in [-0.15, -0.1) is 23.1 Å². The maximum atomic E-state index is 13.2. The molecule has 8 nitrogen and oxygen atoms in total. The third-order valence-electron chi connectivity index (χ3n) is 5.59. The summed E-state index contributed by atoms with van der Waals surface area (Å²) in [6.45, 7) is 11.3. The lowest BCUT2D eigenvalue weighted by atomic mass is 9.92. The first kappa shape index (κ1) is 30.9. The maximum absolute atomic E-state index is 13.2. The number of hydrogen-bond acceptors (Lipinski definition) is 7. The fourth-order valence-corrected chi connectivity index (χ4v) is 5.80. The summed E-state index contributed by atoms with van der Waals surface area (Å²) < 4.78 is 5.22. The third-order valence-corrected chi connectivity index (χ3v) is 7.89. The molecule has 1 heterocycles. The Hall–Kier alpha value is -3.63. The lowest BCUT2D eigenvalue weighted by Gasteiger charge is -2.17. The molecule has 1 unspecified atom stereocenters. The average Bonchev–Trinajstić information content (AvgIpc) is 3.19. The van der Waals surface area contributed by atoms with Crippen molar-refractivity contribution in [2.45, 2.75) is 58.1 Å². The summed E-state index contributed by atoms with van der Waals surface area (Å²) in [5.74, 6) is -1.40. The molecule has 0 radical (unpaired) electrons. The first-order chi connectivity index (χ1) is 18.9. The Balaban J connectivity index is 1.76. The molecule has 212 valence electrons. The Labute approximate surface area is 243 Å². The van der Waals surface area contributed by atoms with E-state index >= 15 is 0 Å². The molecule has 10 heteroatoms. The normalized spacial score (nSPS) is 11.8. The lowest BCUT2D eigenvalue weighted by Crippen LogP contribution is -2.23. The molecule has 0 aliphatic carbocycles. The number of thioether (sulfide) groups is 1. The molecular formula is C30H35N3O5S2. The van der Waals surface area contributed by atoms with Gasteiger partial charge in [0.2, 0.25) is 11.8 Å². The summed E-state index contributed by atoms with van der Waals surface area (Å²) in [6, 6.07) is 16.3. The van der Waals surface area contributed by atoms with E-state index in [1.807, 2.05) is 45.0 Å². The number of benzene rings is 2. The molecule has 40 heavy (non-hydrogen) atoms. The van der Waals surface area contributed by atoms with Gasteiger partial charge in [-0.1, -0.05) is 45.0 Å². The van der Waals surface area contributed by atoms with Crippen LogP contribution in [0.25, 0.3) is 0 Å². The van der Waals surface area contributed by atoms with Gasteiger partial charge in [0.05, 0.1) is 22.3 Å². The number of anilines is 3. The summed E-state index contributed by atoms with van der Waals surface area (Å²) in [6.07, 6.45) is 0.386. The number of esters is 1. The van der Waals surface area contributed by atoms with Crippen LogP contribution in [-0.2, 0) is 14.3 Å². The van der Waals surface area contributed by atoms with E-state index in [0.29, 0.717) is 28.2 Å². The summed E-state index contributed by atoms with van der Waals surface area (Å²) in [7, 11) is 0. The summed E-state index contributed by atoms with van der Waals surface area (Å²) in [5.41, 5.74) is 1.74. The summed E-state index contributed by atoms with van der Waals surface area (Å²) in [5, 5.41) is 8.28. The maximum Gasteiger partial charge on any atom is 0.341 e. The van der Waals surface area contributed by atoms with Gasteiger partial charge in [-0.05, 0) is 62.1 Å². The zero-order chi connectivity index (χ0) is 29.4. The van der Waals surface area contributed by atoms with Crippen LogP contribution < -0.4 is 16.0 Å². The topological polar surface area (TPSA) is 114 Å². The second-order valence-corrected chi connectivity index (χ2v) is 12.8. The number of rotatable bonds is 10. The van der Waals surface area contributed by atoms with Gasteiger partial charge in [0.25, 0.3) is 5.91 Å². The Bertz CT molecular complexity index is 1380. The highest BCUT2D eigenvalue weighted by atomic mass is 32.2. The largest absolute Gasteiger partial charge is 0.462 e. The summed E-state index contributed by atoms with van der Waals surface area (Å²) >= 11 is 2.35. The van der Waals surface area contributed by atoms with Gasteiger partial charge in [-0.25, -0.2) is 4.79 Å². The minimum atomic E-state index is -0.607. The highest BCUT2D eigenvalue weighted by molar-refractivity contribution is 8.00. The van der Waals surface area contributed by atoms with Gasteiger partial charge >= 0.3 is 5.97 Å². The minimum absolute atomic E-state index is 0.0768. The number of amides is 3. The standard InChI is InChI=1S/C30H35N3O5S2/c1-7-38-29(37)24-18(2)25(27(36)32-20-12-9-8-10-13-20)40-28(24)33-26(35)19(3)39-22-15-11-14-21(16-22)31-23(34)17-30(4,5)6/h8-16,19H,7,17H2,1-6H3,(H,31,34)(H,32,36)(H,33,35). The first-order valence-electron chi connectivity index (χ1n) is 12.9. The SMILES string of the molecule is CCOC(=O)c1c(NC(=O)C(C)Sc2cccc(NC(=O)CC(C)(C)C)c2)sc(C(=O)Nc2ccccc2)c1C. The Morgan fingerprint density at radius 1 is 0.950 bits per heavy atom. The van der Waals surface area contributed by atoms with E-state index in [1.165, 1.54) is 11.8 Å². The fraction of sp³-hybridized carbons (Fsp3) is 0.333. The van der Waals surface area contributed by atoms with Crippen molar-refractivity contribution in [2.75, 3.05) is 22.6 Å². The molecule has 3 amide bonds. The molecule has 0 spiro atoms. The van der Waals surface area contributed by atoms with Crippen LogP contribution in [-0.4, -0.2) is 35.5 Å². The predicted octanol–water partition coefficient (Wildman–Crippen LogP) is 6.98. The molecule has 1 atom stereocenters. The van der Waals surface area contributed by atoms with Crippen molar-refractivity contribution < 1.29 is 23.9 Å². The molecule has 0 saturated carbocycles. The van der Waals surface area contributed by atoms with Gasteiger partial charge in [0.1, 0.15) is 5.00 Å². The molecule has 2 aromatic carbocycles. The smallest absolute Gasteiger partial charge is 0.341 e. The highest BCUT2D eigenvalue weighted by Gasteiger charge is 2.28. The molecule has 0 aliphatic heterocycles. The highest BCUT2D eigenvalue weighted by Crippen LogP contribution is 2.35. The van der Waals surface area contributed by atoms with E-state index in [4.69, 9.17) is 4.74 Å². The summed E-state index contributed by atoms with van der Waals surface area (Å²) in [4.78, 5) is 52.5. The molecule has 1 aromatic heterocycles. The van der Waals surface area contributed by atoms with Crippen molar-refractivity contribution in [3.63, 3.8) is 0 Å². The van der Waals surface area contributed by atoms with Crippen molar-refractivity contribution in [1.82, 2.24) is 0 Å². The van der Waals surface area contributed by atoms with E-state index in [0.717, 1.165) is 16.2 Å². The van der Waals surface area contributed by atoms with Gasteiger partial charge in [0, 0.05) is 22.7 Å². The quantitative estimate of drug-likeness (QED) is 0.176. The van der Waals surface area contributed by atoms with Crippen LogP contribution in [0.15, 0.2) is 59.5 Å². The Morgan fingerprint density at radius 2 is 1.62 bits per heavy atom. The molecule has 3 aromatic rings. The van der Waals surface area contributed by atoms with Gasteiger partial charge in [-0.3, -0.25) is 14.4 Å². The van der Waals surface area contributed by atoms with Crippen LogP contribution in [0.3, 0.4) is 0 Å². The Morgan fingerprint density at radius 3 is 2.27 bits per heavy atom. The molecule has 0 aliphatic rings. The molecular weight excluding hydrogens is 546 g/mol. The average molecular weight is 582 g/mol. The third kappa shape index (κ3) is 8.69. The molecule has 0 fully saturated rings. The lowest BCUT2D eigenvalue weighted by molar-refractivity contribution is -0.118. The second-order valence-electron chi connectivity index (χ2n) is 10.4. The van der Waals surface area contributed by atoms with Gasteiger partial charge < -0.3 is 20.7 Å². The minimum Gasteiger partial charge on any atom is -0.462 e. The monoisotopic (exact) mass is 581 g/mol.